The smallest absolute Gasteiger partial charge is 0.225 e. The second-order valence-corrected chi connectivity index (χ2v) is 21.7. The summed E-state index contributed by atoms with van der Waals surface area (Å²) in [5.74, 6) is 3.53. The highest BCUT2D eigenvalue weighted by Crippen LogP contribution is 2.40. The van der Waals surface area contributed by atoms with Gasteiger partial charge in [0.05, 0.1) is 31.4 Å². The third-order valence-electron chi connectivity index (χ3n) is 13.9. The Morgan fingerprint density at radius 3 is 1.74 bits per heavy atom. The molecule has 0 spiro atoms. The van der Waals surface area contributed by atoms with Crippen molar-refractivity contribution in [3.63, 3.8) is 0 Å². The van der Waals surface area contributed by atoms with E-state index in [1.54, 1.807) is 30.6 Å². The van der Waals surface area contributed by atoms with Crippen molar-refractivity contribution >= 4 is 80.2 Å². The molecule has 0 amide bonds. The summed E-state index contributed by atoms with van der Waals surface area (Å²) in [4.78, 5) is 26.8. The quantitative estimate of drug-likeness (QED) is 0.0467. The van der Waals surface area contributed by atoms with Crippen LogP contribution in [0.3, 0.4) is 0 Å². The summed E-state index contributed by atoms with van der Waals surface area (Å²) in [6.45, 7) is 5.79. The standard InChI is InChI=1S/C67H60N8O3S2/c1-44(2)54-22-10-12-24-57(54)70-64-56-37-46(31-36-59(56)72-66(73-64)68-39-48-19-7-14-26-60(48)79-62-28-16-9-21-50(62)42-76)47-29-30-51(43-77)63(38-47)80-61-27-15-8-20-49(61)40-69-67-71-58-25-13-11-23-55(58)65(74-67)75(41-45-17-5-4-6-18-45)52-32-34-53(78-3)35-33-52/h4-38,44,76-77H,39-43H2,1-3H3,(H,69,71,74)(H2,68,70,72,73). The van der Waals surface area contributed by atoms with Gasteiger partial charge < -0.3 is 35.8 Å². The number of hydrogen-bond donors (Lipinski definition) is 5. The average molecular weight is 1090 g/mol. The van der Waals surface area contributed by atoms with Gasteiger partial charge in [0.25, 0.3) is 0 Å². The third-order valence-corrected chi connectivity index (χ3v) is 16.4. The zero-order valence-electron chi connectivity index (χ0n) is 44.7. The Kier molecular flexibility index (Phi) is 16.6. The van der Waals surface area contributed by atoms with Crippen LogP contribution in [0.2, 0.25) is 0 Å². The second kappa shape index (κ2) is 24.9. The highest BCUT2D eigenvalue weighted by molar-refractivity contribution is 7.99. The predicted molar refractivity (Wildman–Crippen MR) is 328 cm³/mol. The maximum absolute atomic E-state index is 10.8. The van der Waals surface area contributed by atoms with Crippen LogP contribution in [0.1, 0.15) is 53.1 Å². The topological polar surface area (TPSA) is 141 Å². The summed E-state index contributed by atoms with van der Waals surface area (Å²) in [6.07, 6.45) is 0. The van der Waals surface area contributed by atoms with Gasteiger partial charge in [0, 0.05) is 61.4 Å². The first kappa shape index (κ1) is 53.3. The number of aromatic nitrogens is 4. The highest BCUT2D eigenvalue weighted by Gasteiger charge is 2.20. The van der Waals surface area contributed by atoms with Gasteiger partial charge in [-0.15, -0.1) is 0 Å². The van der Waals surface area contributed by atoms with Crippen LogP contribution < -0.4 is 25.6 Å². The first-order valence-corrected chi connectivity index (χ1v) is 28.3. The average Bonchev–Trinajstić information content (AvgIpc) is 3.52. The number of aliphatic hydroxyl groups excluding tert-OH is 2. The SMILES string of the molecule is COc1ccc(N(Cc2ccccc2)c2nc(NCc3ccccc3Sc3cc(-c4ccc5nc(NCc6ccccc6Sc6ccccc6CO)nc(Nc6ccccc6C(C)C)c5c4)ccc3CO)nc3ccccc23)cc1. The van der Waals surface area contributed by atoms with Crippen LogP contribution in [0.15, 0.2) is 232 Å². The molecule has 0 saturated heterocycles. The molecule has 398 valence electrons. The fraction of sp³-hybridized carbons (Fsp3) is 0.134. The van der Waals surface area contributed by atoms with E-state index in [-0.39, 0.29) is 19.1 Å². The number of ether oxygens (including phenoxy) is 1. The van der Waals surface area contributed by atoms with Crippen LogP contribution in [0.4, 0.5) is 34.9 Å². The Hall–Kier alpha value is -8.72. The van der Waals surface area contributed by atoms with E-state index in [1.807, 2.05) is 97.1 Å². The molecule has 0 atom stereocenters. The molecule has 2 heterocycles. The molecule has 0 fully saturated rings. The van der Waals surface area contributed by atoms with Gasteiger partial charge in [-0.1, -0.05) is 171 Å². The molecule has 0 radical (unpaired) electrons. The number of aliphatic hydroxyl groups is 2. The summed E-state index contributed by atoms with van der Waals surface area (Å²) >= 11 is 3.26. The minimum absolute atomic E-state index is 0.0257. The molecule has 0 unspecified atom stereocenters. The maximum Gasteiger partial charge on any atom is 0.225 e. The van der Waals surface area contributed by atoms with Crippen LogP contribution in [0.25, 0.3) is 32.9 Å². The van der Waals surface area contributed by atoms with Gasteiger partial charge in [-0.25, -0.2) is 9.97 Å². The Morgan fingerprint density at radius 1 is 0.500 bits per heavy atom. The largest absolute Gasteiger partial charge is 0.497 e. The van der Waals surface area contributed by atoms with Crippen molar-refractivity contribution in [1.82, 2.24) is 19.9 Å². The Bertz CT molecular complexity index is 3940. The van der Waals surface area contributed by atoms with Crippen LogP contribution in [0, 0.1) is 0 Å². The Morgan fingerprint density at radius 2 is 1.05 bits per heavy atom. The van der Waals surface area contributed by atoms with Crippen molar-refractivity contribution in [2.75, 3.05) is 28.0 Å². The molecule has 11 aromatic rings. The van der Waals surface area contributed by atoms with E-state index in [4.69, 9.17) is 24.7 Å². The number of anilines is 6. The summed E-state index contributed by atoms with van der Waals surface area (Å²) in [7, 11) is 1.68. The van der Waals surface area contributed by atoms with E-state index in [0.29, 0.717) is 37.3 Å². The number of nitrogens with one attached hydrogen (secondary N) is 3. The van der Waals surface area contributed by atoms with Crippen LogP contribution in [-0.4, -0.2) is 37.3 Å². The zero-order valence-corrected chi connectivity index (χ0v) is 46.3. The van der Waals surface area contributed by atoms with Gasteiger partial charge >= 0.3 is 0 Å². The normalized spacial score (nSPS) is 11.3. The lowest BCUT2D eigenvalue weighted by atomic mass is 10.0. The molecule has 0 aliphatic rings. The minimum atomic E-state index is -0.117. The number of methoxy groups -OCH3 is 1. The molecule has 13 heteroatoms. The lowest BCUT2D eigenvalue weighted by molar-refractivity contribution is 0.278. The van der Waals surface area contributed by atoms with Crippen molar-refractivity contribution in [1.29, 1.82) is 0 Å². The predicted octanol–water partition coefficient (Wildman–Crippen LogP) is 16.0. The third kappa shape index (κ3) is 12.3. The maximum atomic E-state index is 10.8. The fourth-order valence-electron chi connectivity index (χ4n) is 9.66. The monoisotopic (exact) mass is 1090 g/mol. The highest BCUT2D eigenvalue weighted by atomic mass is 32.2. The summed E-state index contributed by atoms with van der Waals surface area (Å²) in [5.41, 5.74) is 11.7. The van der Waals surface area contributed by atoms with Crippen molar-refractivity contribution in [3.05, 3.63) is 246 Å². The van der Waals surface area contributed by atoms with Gasteiger partial charge in [0.1, 0.15) is 17.4 Å². The first-order valence-electron chi connectivity index (χ1n) is 26.6. The first-order chi connectivity index (χ1) is 39.3. The zero-order chi connectivity index (χ0) is 54.8. The number of nitrogens with zero attached hydrogens (tertiary/aromatic N) is 5. The van der Waals surface area contributed by atoms with Crippen molar-refractivity contribution < 1.29 is 14.9 Å². The number of benzene rings is 9. The Balaban J connectivity index is 0.884. The molecule has 2 aromatic heterocycles. The molecule has 9 aromatic carbocycles. The number of fused-ring (bicyclic) bond motifs is 2. The lowest BCUT2D eigenvalue weighted by Crippen LogP contribution is -2.19. The van der Waals surface area contributed by atoms with Crippen molar-refractivity contribution in [2.45, 2.75) is 72.2 Å². The van der Waals surface area contributed by atoms with Crippen LogP contribution in [0.5, 0.6) is 5.75 Å². The van der Waals surface area contributed by atoms with Gasteiger partial charge in [-0.3, -0.25) is 0 Å². The lowest BCUT2D eigenvalue weighted by Gasteiger charge is -2.26. The Labute approximate surface area is 475 Å². The molecular formula is C67H60N8O3S2. The molecule has 5 N–H and O–H groups in total. The molecule has 0 saturated carbocycles. The van der Waals surface area contributed by atoms with E-state index in [2.05, 4.69) is 150 Å². The van der Waals surface area contributed by atoms with Crippen molar-refractivity contribution in [2.24, 2.45) is 0 Å². The number of para-hydroxylation sites is 2. The fourth-order valence-corrected chi connectivity index (χ4v) is 11.8. The van der Waals surface area contributed by atoms with Crippen LogP contribution in [-0.2, 0) is 32.8 Å². The van der Waals surface area contributed by atoms with Gasteiger partial charge in [-0.2, -0.15) is 9.97 Å². The number of hydrogen-bond acceptors (Lipinski definition) is 13. The molecule has 11 nitrogen and oxygen atoms in total. The van der Waals surface area contributed by atoms with E-state index < -0.39 is 0 Å². The van der Waals surface area contributed by atoms with Gasteiger partial charge in [0.2, 0.25) is 11.9 Å². The molecule has 0 aliphatic heterocycles. The van der Waals surface area contributed by atoms with Crippen LogP contribution >= 0.6 is 23.5 Å². The van der Waals surface area contributed by atoms with Gasteiger partial charge in [-0.05, 0) is 129 Å². The van der Waals surface area contributed by atoms with Crippen molar-refractivity contribution in [3.8, 4) is 16.9 Å². The van der Waals surface area contributed by atoms with E-state index in [0.717, 1.165) is 103 Å². The van der Waals surface area contributed by atoms with Gasteiger partial charge in [0.15, 0.2) is 0 Å². The summed E-state index contributed by atoms with van der Waals surface area (Å²) < 4.78 is 5.52. The van der Waals surface area contributed by atoms with E-state index >= 15 is 0 Å². The number of rotatable bonds is 21. The summed E-state index contributed by atoms with van der Waals surface area (Å²) in [6, 6.07) is 72.0. The van der Waals surface area contributed by atoms with E-state index in [9.17, 15) is 10.2 Å². The summed E-state index contributed by atoms with van der Waals surface area (Å²) in [5, 5.41) is 33.5. The molecule has 0 aliphatic carbocycles. The van der Waals surface area contributed by atoms with E-state index in [1.165, 1.54) is 5.56 Å². The minimum Gasteiger partial charge on any atom is -0.497 e. The molecule has 11 rings (SSSR count). The molecule has 0 bridgehead atoms. The molecule has 80 heavy (non-hydrogen) atoms. The second-order valence-electron chi connectivity index (χ2n) is 19.5. The molecular weight excluding hydrogens is 1030 g/mol.